The van der Waals surface area contributed by atoms with Gasteiger partial charge in [-0.2, -0.15) is 13.2 Å². The number of alkyl halides is 3. The first-order valence-electron chi connectivity index (χ1n) is 7.86. The van der Waals surface area contributed by atoms with Crippen LogP contribution in [-0.2, 0) is 19.4 Å². The molecule has 0 aliphatic carbocycles. The lowest BCUT2D eigenvalue weighted by Crippen LogP contribution is -2.43. The summed E-state index contributed by atoms with van der Waals surface area (Å²) in [5.74, 6) is -1.08. The van der Waals surface area contributed by atoms with Crippen molar-refractivity contribution in [2.45, 2.75) is 23.6 Å². The van der Waals surface area contributed by atoms with E-state index in [0.29, 0.717) is 0 Å². The van der Waals surface area contributed by atoms with Crippen molar-refractivity contribution in [3.63, 3.8) is 0 Å². The number of hydrogen-bond acceptors (Lipinski definition) is 4. The molecule has 0 fully saturated rings. The lowest BCUT2D eigenvalue weighted by Gasteiger charge is -2.29. The molecule has 1 atom stereocenters. The first-order valence-corrected chi connectivity index (χ1v) is 9.75. The Morgan fingerprint density at radius 1 is 0.926 bits per heavy atom. The summed E-state index contributed by atoms with van der Waals surface area (Å²) >= 11 is 0. The number of carbonyl (C=O) groups is 1. The Balaban J connectivity index is 2.29. The molecule has 0 amide bonds. The number of esters is 1. The van der Waals surface area contributed by atoms with Gasteiger partial charge in [0.05, 0.1) is 10.5 Å². The van der Waals surface area contributed by atoms with Gasteiger partial charge in [-0.05, 0) is 30.2 Å². The highest BCUT2D eigenvalue weighted by Crippen LogP contribution is 2.51. The zero-order valence-electron chi connectivity index (χ0n) is 14.4. The second-order valence-electron chi connectivity index (χ2n) is 6.33. The predicted octanol–water partition coefficient (Wildman–Crippen LogP) is 3.88. The van der Waals surface area contributed by atoms with Crippen LogP contribution < -0.4 is 0 Å². The first kappa shape index (κ1) is 19.2. The van der Waals surface area contributed by atoms with Crippen molar-refractivity contribution in [3.05, 3.63) is 65.7 Å². The Labute approximate surface area is 154 Å². The Hall–Kier alpha value is -2.61. The minimum atomic E-state index is -4.86. The van der Waals surface area contributed by atoms with E-state index < -0.39 is 27.6 Å². The van der Waals surface area contributed by atoms with Gasteiger partial charge in [-0.25, -0.2) is 13.2 Å². The molecule has 27 heavy (non-hydrogen) atoms. The number of hydrogen-bond donors (Lipinski definition) is 0. The molecule has 1 heterocycles. The van der Waals surface area contributed by atoms with E-state index in [2.05, 4.69) is 0 Å². The van der Waals surface area contributed by atoms with Gasteiger partial charge in [-0.15, -0.1) is 0 Å². The zero-order chi connectivity index (χ0) is 20.0. The summed E-state index contributed by atoms with van der Waals surface area (Å²) < 4.78 is 69.4. The van der Waals surface area contributed by atoms with Crippen LogP contribution in [0.5, 0.6) is 0 Å². The third-order valence-corrected chi connectivity index (χ3v) is 5.53. The molecule has 4 nitrogen and oxygen atoms in total. The summed E-state index contributed by atoms with van der Waals surface area (Å²) in [6, 6.07) is 12.8. The van der Waals surface area contributed by atoms with Crippen LogP contribution in [-0.4, -0.2) is 32.4 Å². The Bertz CT molecular complexity index is 1020. The second-order valence-corrected chi connectivity index (χ2v) is 8.35. The molecule has 0 saturated heterocycles. The molecule has 8 heteroatoms. The molecular weight excluding hydrogens is 381 g/mol. The molecule has 0 saturated carbocycles. The van der Waals surface area contributed by atoms with E-state index in [9.17, 15) is 26.4 Å². The van der Waals surface area contributed by atoms with Crippen molar-refractivity contribution in [1.82, 2.24) is 0 Å². The quantitative estimate of drug-likeness (QED) is 0.739. The monoisotopic (exact) mass is 396 g/mol. The van der Waals surface area contributed by atoms with Gasteiger partial charge in [0, 0.05) is 11.8 Å². The van der Waals surface area contributed by atoms with Gasteiger partial charge in [0.15, 0.2) is 9.84 Å². The lowest BCUT2D eigenvalue weighted by molar-refractivity contribution is -0.235. The summed E-state index contributed by atoms with van der Waals surface area (Å²) in [4.78, 5) is 12.3. The molecule has 2 aromatic rings. The average Bonchev–Trinajstić information content (AvgIpc) is 2.86. The zero-order valence-corrected chi connectivity index (χ0v) is 15.2. The van der Waals surface area contributed by atoms with Crippen molar-refractivity contribution in [2.24, 2.45) is 0 Å². The van der Waals surface area contributed by atoms with Gasteiger partial charge < -0.3 is 4.74 Å². The molecule has 0 bridgehead atoms. The van der Waals surface area contributed by atoms with Crippen LogP contribution in [0, 0.1) is 0 Å². The predicted molar refractivity (Wildman–Crippen MR) is 93.4 cm³/mol. The van der Waals surface area contributed by atoms with Gasteiger partial charge in [0.1, 0.15) is 0 Å². The van der Waals surface area contributed by atoms with Crippen molar-refractivity contribution in [2.75, 3.05) is 6.26 Å². The maximum atomic E-state index is 13.8. The summed E-state index contributed by atoms with van der Waals surface area (Å²) in [5, 5.41) is 0. The number of carbonyl (C=O) groups excluding carboxylic acids is 1. The van der Waals surface area contributed by atoms with E-state index in [1.807, 2.05) is 0 Å². The second kappa shape index (κ2) is 6.23. The van der Waals surface area contributed by atoms with Gasteiger partial charge in [-0.1, -0.05) is 42.5 Å². The van der Waals surface area contributed by atoms with Crippen LogP contribution >= 0.6 is 0 Å². The van der Waals surface area contributed by atoms with Crippen LogP contribution in [0.4, 0.5) is 13.2 Å². The minimum Gasteiger partial charge on any atom is -0.441 e. The number of benzene rings is 2. The normalized spacial score (nSPS) is 20.7. The fourth-order valence-corrected chi connectivity index (χ4v) is 3.61. The summed E-state index contributed by atoms with van der Waals surface area (Å²) in [5.41, 5.74) is -3.03. The standard InChI is InChI=1S/C19H15F3O4S/c1-18(19(20,21)22)16(13-8-10-14(11-9-13)27(2,24)25)15(17(23)26-18)12-6-4-3-5-7-12/h3-11H,1-2H3. The van der Waals surface area contributed by atoms with Gasteiger partial charge in [0.25, 0.3) is 0 Å². The molecule has 0 N–H and O–H groups in total. The van der Waals surface area contributed by atoms with Crippen molar-refractivity contribution < 1.29 is 31.1 Å². The third kappa shape index (κ3) is 3.25. The number of ether oxygens (including phenoxy) is 1. The molecule has 3 rings (SSSR count). The topological polar surface area (TPSA) is 60.4 Å². The van der Waals surface area contributed by atoms with Crippen LogP contribution in [0.2, 0.25) is 0 Å². The van der Waals surface area contributed by atoms with E-state index in [4.69, 9.17) is 4.74 Å². The Morgan fingerprint density at radius 2 is 1.48 bits per heavy atom. The van der Waals surface area contributed by atoms with Crippen molar-refractivity contribution in [3.8, 4) is 0 Å². The molecule has 0 spiro atoms. The number of halogens is 3. The van der Waals surface area contributed by atoms with Crippen molar-refractivity contribution >= 4 is 27.0 Å². The molecular formula is C19H15F3O4S. The highest BCUT2D eigenvalue weighted by molar-refractivity contribution is 7.90. The third-order valence-electron chi connectivity index (χ3n) is 4.40. The van der Waals surface area contributed by atoms with E-state index >= 15 is 0 Å². The minimum absolute atomic E-state index is 0.0351. The van der Waals surface area contributed by atoms with Crippen LogP contribution in [0.25, 0.3) is 11.1 Å². The molecule has 1 unspecified atom stereocenters. The SMILES string of the molecule is CC1(C(F)(F)F)OC(=O)C(c2ccccc2)=C1c1ccc(S(C)(=O)=O)cc1. The van der Waals surface area contributed by atoms with Crippen LogP contribution in [0.15, 0.2) is 59.5 Å². The average molecular weight is 396 g/mol. The molecule has 1 aliphatic rings. The Kier molecular flexibility index (Phi) is 4.42. The highest BCUT2D eigenvalue weighted by Gasteiger charge is 2.62. The van der Waals surface area contributed by atoms with E-state index in [1.54, 1.807) is 18.2 Å². The van der Waals surface area contributed by atoms with Gasteiger partial charge in [0.2, 0.25) is 5.60 Å². The highest BCUT2D eigenvalue weighted by atomic mass is 32.2. The lowest BCUT2D eigenvalue weighted by atomic mass is 9.85. The summed E-state index contributed by atoms with van der Waals surface area (Å²) in [7, 11) is -3.51. The number of cyclic esters (lactones) is 1. The molecule has 2 aromatic carbocycles. The maximum absolute atomic E-state index is 13.8. The molecule has 142 valence electrons. The fraction of sp³-hybridized carbons (Fsp3) is 0.211. The fourth-order valence-electron chi connectivity index (χ4n) is 2.98. The van der Waals surface area contributed by atoms with Crippen molar-refractivity contribution in [1.29, 1.82) is 0 Å². The van der Waals surface area contributed by atoms with Crippen LogP contribution in [0.1, 0.15) is 18.1 Å². The first-order chi connectivity index (χ1) is 12.4. The summed E-state index contributed by atoms with van der Waals surface area (Å²) in [6.45, 7) is 0.792. The molecule has 0 aromatic heterocycles. The van der Waals surface area contributed by atoms with E-state index in [1.165, 1.54) is 36.4 Å². The molecule has 0 radical (unpaired) electrons. The van der Waals surface area contributed by atoms with Gasteiger partial charge >= 0.3 is 12.1 Å². The number of sulfone groups is 1. The van der Waals surface area contributed by atoms with E-state index in [-0.39, 0.29) is 27.2 Å². The Morgan fingerprint density at radius 3 is 1.96 bits per heavy atom. The largest absolute Gasteiger partial charge is 0.441 e. The summed E-state index contributed by atoms with van der Waals surface area (Å²) in [6.07, 6.45) is -3.86. The number of rotatable bonds is 3. The van der Waals surface area contributed by atoms with Crippen LogP contribution in [0.3, 0.4) is 0 Å². The maximum Gasteiger partial charge on any atom is 0.432 e. The van der Waals surface area contributed by atoms with E-state index in [0.717, 1.165) is 13.2 Å². The smallest absolute Gasteiger partial charge is 0.432 e. The van der Waals surface area contributed by atoms with Gasteiger partial charge in [-0.3, -0.25) is 0 Å². The molecule has 1 aliphatic heterocycles.